The fourth-order valence-electron chi connectivity index (χ4n) is 5.66. The predicted molar refractivity (Wildman–Crippen MR) is 158 cm³/mol. The first-order valence-corrected chi connectivity index (χ1v) is 15.0. The fourth-order valence-corrected chi connectivity index (χ4v) is 5.79. The van der Waals surface area contributed by atoms with Gasteiger partial charge in [-0.3, -0.25) is 9.59 Å². The van der Waals surface area contributed by atoms with Gasteiger partial charge in [0.1, 0.15) is 23.2 Å². The largest absolute Gasteiger partial charge is 0.486 e. The van der Waals surface area contributed by atoms with Crippen LogP contribution in [0.3, 0.4) is 0 Å². The third-order valence-electron chi connectivity index (χ3n) is 7.77. The number of benzene rings is 1. The Kier molecular flexibility index (Phi) is 11.1. The molecule has 1 aliphatic heterocycles. The molecule has 2 aromatic heterocycles. The van der Waals surface area contributed by atoms with Crippen molar-refractivity contribution in [2.45, 2.75) is 66.0 Å². The number of aromatic nitrogens is 4. The molecule has 1 aromatic carbocycles. The molecule has 0 spiro atoms. The van der Waals surface area contributed by atoms with Gasteiger partial charge in [-0.25, -0.2) is 19.1 Å². The summed E-state index contributed by atoms with van der Waals surface area (Å²) in [5.74, 6) is 2.11. The molecule has 222 valence electrons. The molecular formula is C30H42ClN6O4+. The highest BCUT2D eigenvalue weighted by Crippen LogP contribution is 2.24. The van der Waals surface area contributed by atoms with Gasteiger partial charge in [0.25, 0.3) is 5.82 Å². The number of imidazole rings is 1. The van der Waals surface area contributed by atoms with E-state index in [2.05, 4.69) is 37.8 Å². The van der Waals surface area contributed by atoms with Crippen molar-refractivity contribution < 1.29 is 23.6 Å². The molecule has 4 rings (SSSR count). The predicted octanol–water partition coefficient (Wildman–Crippen LogP) is 3.90. The zero-order valence-corrected chi connectivity index (χ0v) is 25.2. The van der Waals surface area contributed by atoms with Crippen molar-refractivity contribution in [1.29, 1.82) is 0 Å². The van der Waals surface area contributed by atoms with Crippen molar-refractivity contribution in [3.8, 4) is 5.75 Å². The third kappa shape index (κ3) is 7.81. The fraction of sp³-hybridized carbons (Fsp3) is 0.567. The van der Waals surface area contributed by atoms with E-state index in [4.69, 9.17) is 26.8 Å². The van der Waals surface area contributed by atoms with E-state index in [0.717, 1.165) is 75.6 Å². The number of hydrogen-bond acceptors (Lipinski definition) is 8. The molecule has 11 heteroatoms. The summed E-state index contributed by atoms with van der Waals surface area (Å²) in [6.45, 7) is 12.2. The minimum absolute atomic E-state index is 0.0696. The molecule has 0 atom stereocenters. The van der Waals surface area contributed by atoms with Crippen LogP contribution in [0.1, 0.15) is 62.8 Å². The zero-order valence-electron chi connectivity index (χ0n) is 24.4. The molecule has 3 aromatic rings. The number of anilines is 1. The number of piperidine rings is 1. The second-order valence-corrected chi connectivity index (χ2v) is 10.8. The molecule has 0 radical (unpaired) electrons. The summed E-state index contributed by atoms with van der Waals surface area (Å²) < 4.78 is 15.8. The number of nitrogens with zero attached hydrogens (tertiary/aromatic N) is 5. The molecular weight excluding hydrogens is 544 g/mol. The van der Waals surface area contributed by atoms with Gasteiger partial charge < -0.3 is 20.1 Å². The number of rotatable bonds is 15. The van der Waals surface area contributed by atoms with Gasteiger partial charge >= 0.3 is 0 Å². The van der Waals surface area contributed by atoms with Crippen molar-refractivity contribution >= 4 is 40.0 Å². The number of likely N-dealkylation sites (tertiary alicyclic amines) is 1. The second-order valence-electron chi connectivity index (χ2n) is 10.4. The van der Waals surface area contributed by atoms with Crippen LogP contribution in [0.5, 0.6) is 5.75 Å². The summed E-state index contributed by atoms with van der Waals surface area (Å²) in [4.78, 5) is 36.1. The van der Waals surface area contributed by atoms with E-state index < -0.39 is 0 Å². The lowest BCUT2D eigenvalue weighted by atomic mass is 9.92. The molecule has 1 aliphatic rings. The number of ketones is 2. The Morgan fingerprint density at radius 3 is 2.68 bits per heavy atom. The Morgan fingerprint density at radius 2 is 1.98 bits per heavy atom. The average Bonchev–Trinajstić information content (AvgIpc) is 3.28. The average molecular weight is 586 g/mol. The van der Waals surface area contributed by atoms with Gasteiger partial charge in [-0.15, -0.1) is 0 Å². The lowest BCUT2D eigenvalue weighted by Gasteiger charge is -2.31. The molecule has 2 N–H and O–H groups in total. The van der Waals surface area contributed by atoms with Crippen LogP contribution in [-0.2, 0) is 29.0 Å². The number of Topliss-reactive ketones (excluding diaryl/α,β-unsaturated/α-hetero) is 2. The maximum absolute atomic E-state index is 12.9. The van der Waals surface area contributed by atoms with Crippen molar-refractivity contribution in [2.24, 2.45) is 5.92 Å². The third-order valence-corrected chi connectivity index (χ3v) is 7.96. The van der Waals surface area contributed by atoms with E-state index in [1.165, 1.54) is 6.20 Å². The van der Waals surface area contributed by atoms with Crippen LogP contribution in [0.25, 0.3) is 11.0 Å². The molecule has 3 heterocycles. The highest BCUT2D eigenvalue weighted by molar-refractivity contribution is 6.29. The smallest absolute Gasteiger partial charge is 0.257 e. The van der Waals surface area contributed by atoms with Crippen molar-refractivity contribution in [2.75, 3.05) is 45.2 Å². The zero-order chi connectivity index (χ0) is 29.4. The van der Waals surface area contributed by atoms with Gasteiger partial charge in [-0.1, -0.05) is 11.6 Å². The Hall–Kier alpha value is -3.08. The monoisotopic (exact) mass is 585 g/mol. The first kappa shape index (κ1) is 30.9. The number of carbonyl (C=O) groups excluding carboxylic acids is 2. The number of fused-ring (bicyclic) bond motifs is 1. The first-order valence-electron chi connectivity index (χ1n) is 14.6. The summed E-state index contributed by atoms with van der Waals surface area (Å²) in [5.41, 5.74) is 8.03. The molecule has 0 amide bonds. The molecule has 0 aliphatic carbocycles. The number of hydrogen-bond donors (Lipinski definition) is 1. The van der Waals surface area contributed by atoms with Gasteiger partial charge in [-0.2, -0.15) is 0 Å². The van der Waals surface area contributed by atoms with Crippen molar-refractivity contribution in [3.05, 3.63) is 41.1 Å². The van der Waals surface area contributed by atoms with E-state index in [-0.39, 0.29) is 41.3 Å². The minimum Gasteiger partial charge on any atom is -0.486 e. The van der Waals surface area contributed by atoms with Gasteiger partial charge in [0.05, 0.1) is 32.3 Å². The summed E-state index contributed by atoms with van der Waals surface area (Å²) in [6, 6.07) is 5.92. The quantitative estimate of drug-likeness (QED) is 0.162. The number of nitrogens with two attached hydrogens (primary N) is 1. The van der Waals surface area contributed by atoms with E-state index in [9.17, 15) is 9.59 Å². The Bertz CT molecular complexity index is 1350. The summed E-state index contributed by atoms with van der Waals surface area (Å²) in [7, 11) is 0. The highest BCUT2D eigenvalue weighted by atomic mass is 35.5. The van der Waals surface area contributed by atoms with Crippen LogP contribution < -0.4 is 15.0 Å². The van der Waals surface area contributed by atoms with Gasteiger partial charge in [-0.05, 0) is 64.8 Å². The molecule has 0 bridgehead atoms. The molecule has 1 fully saturated rings. The Labute approximate surface area is 246 Å². The second kappa shape index (κ2) is 14.7. The molecule has 41 heavy (non-hydrogen) atoms. The van der Waals surface area contributed by atoms with E-state index in [0.29, 0.717) is 24.5 Å². The van der Waals surface area contributed by atoms with Crippen LogP contribution >= 0.6 is 11.6 Å². The van der Waals surface area contributed by atoms with E-state index in [1.54, 1.807) is 0 Å². The summed E-state index contributed by atoms with van der Waals surface area (Å²) >= 11 is 5.93. The number of halogens is 1. The Morgan fingerprint density at radius 1 is 1.20 bits per heavy atom. The number of carbonyl (C=O) groups is 2. The lowest BCUT2D eigenvalue weighted by Crippen LogP contribution is -2.37. The Balaban J connectivity index is 1.38. The summed E-state index contributed by atoms with van der Waals surface area (Å²) in [6.07, 6.45) is 4.68. The van der Waals surface area contributed by atoms with Crippen LogP contribution in [0.4, 0.5) is 5.82 Å². The number of aryl methyl sites for hydroxylation is 2. The van der Waals surface area contributed by atoms with Crippen LogP contribution in [-0.4, -0.2) is 70.5 Å². The van der Waals surface area contributed by atoms with Crippen LogP contribution in [0, 0.1) is 5.92 Å². The first-order chi connectivity index (χ1) is 19.8. The molecule has 1 saturated heterocycles. The summed E-state index contributed by atoms with van der Waals surface area (Å²) in [5, 5.41) is 0.138. The van der Waals surface area contributed by atoms with Crippen molar-refractivity contribution in [1.82, 2.24) is 19.4 Å². The maximum Gasteiger partial charge on any atom is 0.257 e. The van der Waals surface area contributed by atoms with Gasteiger partial charge in [0, 0.05) is 32.1 Å². The molecule has 0 unspecified atom stereocenters. The number of nitrogen functional groups attached to an aromatic ring is 1. The highest BCUT2D eigenvalue weighted by Gasteiger charge is 2.26. The number of ether oxygens (including phenoxy) is 2. The van der Waals surface area contributed by atoms with E-state index >= 15 is 0 Å². The maximum atomic E-state index is 12.9. The normalized spacial score (nSPS) is 14.5. The molecule has 0 saturated carbocycles. The van der Waals surface area contributed by atoms with Crippen molar-refractivity contribution in [3.63, 3.8) is 0 Å². The van der Waals surface area contributed by atoms with E-state index in [1.807, 2.05) is 25.1 Å². The standard InChI is InChI=1S/C30H41ClN6O4/c1-4-36-24-8-7-23(41-20-22(38)17-21-11-13-35(14-12-21)15-16-40-6-3)18-25(24)37(5-2)28(36)10-9-26(39)29-30(32)33-19-27(31)34-29/h7-8,18-19,21H,4-6,9-17,20H2,1-3H3,(H-,32,33,39)/p+1. The van der Waals surface area contributed by atoms with Gasteiger partial charge in [0.2, 0.25) is 0 Å². The lowest BCUT2D eigenvalue weighted by molar-refractivity contribution is -0.676. The van der Waals surface area contributed by atoms with Crippen LogP contribution in [0.15, 0.2) is 24.4 Å². The van der Waals surface area contributed by atoms with Gasteiger partial charge in [0.15, 0.2) is 28.4 Å². The molecule has 10 nitrogen and oxygen atoms in total. The topological polar surface area (TPSA) is 116 Å². The SMILES string of the molecule is CCOCCN1CCC(CC(=O)COc2ccc3c(c2)n(CC)c(CCC(=O)c2nc(Cl)cnc2N)[n+]3CC)CC1. The minimum atomic E-state index is -0.202. The van der Waals surface area contributed by atoms with Crippen LogP contribution in [0.2, 0.25) is 5.15 Å².